The molecular weight excluding hydrogens is 356 g/mol. The van der Waals surface area contributed by atoms with Gasteiger partial charge in [-0.3, -0.25) is 4.79 Å². The largest absolute Gasteiger partial charge is 0.508 e. The Morgan fingerprint density at radius 1 is 1.14 bits per heavy atom. The highest BCUT2D eigenvalue weighted by Gasteiger charge is 2.24. The normalized spacial score (nSPS) is 11.4. The highest BCUT2D eigenvalue weighted by atomic mass is 16.5. The molecule has 0 radical (unpaired) electrons. The van der Waals surface area contributed by atoms with E-state index in [1.807, 2.05) is 6.07 Å². The minimum atomic E-state index is -0.756. The van der Waals surface area contributed by atoms with Crippen LogP contribution in [0, 0.1) is 11.3 Å². The Hall–Kier alpha value is -3.72. The average molecular weight is 376 g/mol. The van der Waals surface area contributed by atoms with Crippen molar-refractivity contribution >= 4 is 5.91 Å². The molecule has 0 aliphatic rings. The molecule has 1 aromatic heterocycles. The molecule has 0 fully saturated rings. The fourth-order valence-corrected chi connectivity index (χ4v) is 2.77. The second-order valence-corrected chi connectivity index (χ2v) is 6.30. The first-order valence-electron chi connectivity index (χ1n) is 8.81. The number of hydrogen-bond donors (Lipinski definition) is 1. The van der Waals surface area contributed by atoms with Crippen LogP contribution in [0.5, 0.6) is 11.5 Å². The topological polar surface area (TPSA) is 86.7 Å². The summed E-state index contributed by atoms with van der Waals surface area (Å²) in [5.74, 6) is 1.01. The molecule has 3 aromatic rings. The number of carbonyl (C=O) groups excluding carboxylic acids is 1. The van der Waals surface area contributed by atoms with E-state index in [4.69, 9.17) is 14.4 Å². The fraction of sp³-hybridized carbons (Fsp3) is 0.182. The van der Waals surface area contributed by atoms with Gasteiger partial charge >= 0.3 is 0 Å². The first kappa shape index (κ1) is 19.1. The van der Waals surface area contributed by atoms with Gasteiger partial charge in [0.15, 0.2) is 6.10 Å². The molecule has 142 valence electrons. The SMILES string of the molecule is CC(Oc1ccc(C#N)cc1)C(=O)N(Cc1ccco1)Cc1ccccc1O. The summed E-state index contributed by atoms with van der Waals surface area (Å²) in [4.78, 5) is 14.6. The van der Waals surface area contributed by atoms with Crippen LogP contribution in [0.3, 0.4) is 0 Å². The van der Waals surface area contributed by atoms with E-state index in [2.05, 4.69) is 0 Å². The standard InChI is InChI=1S/C22H20N2O4/c1-16(28-19-10-8-17(13-23)9-11-19)22(26)24(15-20-6-4-12-27-20)14-18-5-2-3-7-21(18)25/h2-12,16,25H,14-15H2,1H3. The Bertz CT molecular complexity index is 959. The van der Waals surface area contributed by atoms with Crippen molar-refractivity contribution in [2.75, 3.05) is 0 Å². The first-order chi connectivity index (χ1) is 13.6. The molecule has 1 N–H and O–H groups in total. The molecule has 6 heteroatoms. The third-order valence-electron chi connectivity index (χ3n) is 4.24. The van der Waals surface area contributed by atoms with E-state index in [0.717, 1.165) is 0 Å². The Labute approximate surface area is 163 Å². The van der Waals surface area contributed by atoms with Crippen LogP contribution in [-0.2, 0) is 17.9 Å². The third-order valence-corrected chi connectivity index (χ3v) is 4.24. The van der Waals surface area contributed by atoms with Crippen molar-refractivity contribution < 1.29 is 19.1 Å². The molecule has 1 unspecified atom stereocenters. The number of aromatic hydroxyl groups is 1. The summed E-state index contributed by atoms with van der Waals surface area (Å²) >= 11 is 0. The Morgan fingerprint density at radius 2 is 1.89 bits per heavy atom. The summed E-state index contributed by atoms with van der Waals surface area (Å²) < 4.78 is 11.1. The maximum Gasteiger partial charge on any atom is 0.264 e. The van der Waals surface area contributed by atoms with Crippen LogP contribution < -0.4 is 4.74 Å². The van der Waals surface area contributed by atoms with Crippen LogP contribution in [0.25, 0.3) is 0 Å². The monoisotopic (exact) mass is 376 g/mol. The van der Waals surface area contributed by atoms with Crippen molar-refractivity contribution in [2.45, 2.75) is 26.1 Å². The van der Waals surface area contributed by atoms with Crippen molar-refractivity contribution in [1.82, 2.24) is 4.90 Å². The highest BCUT2D eigenvalue weighted by Crippen LogP contribution is 2.21. The quantitative estimate of drug-likeness (QED) is 0.677. The molecule has 2 aromatic carbocycles. The highest BCUT2D eigenvalue weighted by molar-refractivity contribution is 5.81. The van der Waals surface area contributed by atoms with E-state index in [1.54, 1.807) is 78.8 Å². The minimum Gasteiger partial charge on any atom is -0.508 e. The Morgan fingerprint density at radius 3 is 2.54 bits per heavy atom. The van der Waals surface area contributed by atoms with Crippen LogP contribution in [-0.4, -0.2) is 22.0 Å². The van der Waals surface area contributed by atoms with E-state index in [1.165, 1.54) is 0 Å². The maximum absolute atomic E-state index is 13.0. The summed E-state index contributed by atoms with van der Waals surface area (Å²) in [6.07, 6.45) is 0.794. The lowest BCUT2D eigenvalue weighted by Crippen LogP contribution is -2.39. The maximum atomic E-state index is 13.0. The lowest BCUT2D eigenvalue weighted by Gasteiger charge is -2.26. The lowest BCUT2D eigenvalue weighted by atomic mass is 10.1. The van der Waals surface area contributed by atoms with Gasteiger partial charge in [-0.05, 0) is 49.4 Å². The molecule has 0 saturated heterocycles. The molecule has 0 bridgehead atoms. The summed E-state index contributed by atoms with van der Waals surface area (Å²) in [5, 5.41) is 18.9. The molecule has 0 saturated carbocycles. The lowest BCUT2D eigenvalue weighted by molar-refractivity contribution is -0.139. The Kier molecular flexibility index (Phi) is 5.97. The average Bonchev–Trinajstić information content (AvgIpc) is 3.22. The van der Waals surface area contributed by atoms with Gasteiger partial charge in [-0.15, -0.1) is 0 Å². The first-order valence-corrected chi connectivity index (χ1v) is 8.81. The number of phenols is 1. The summed E-state index contributed by atoms with van der Waals surface area (Å²) in [7, 11) is 0. The van der Waals surface area contributed by atoms with Crippen LogP contribution in [0.2, 0.25) is 0 Å². The van der Waals surface area contributed by atoms with Crippen LogP contribution in [0.4, 0.5) is 0 Å². The van der Waals surface area contributed by atoms with Crippen LogP contribution >= 0.6 is 0 Å². The summed E-state index contributed by atoms with van der Waals surface area (Å²) in [6, 6.07) is 19.1. The van der Waals surface area contributed by atoms with Gasteiger partial charge in [-0.2, -0.15) is 5.26 Å². The molecule has 28 heavy (non-hydrogen) atoms. The number of phenolic OH excluding ortho intramolecular Hbond substituents is 1. The van der Waals surface area contributed by atoms with Gasteiger partial charge in [0.2, 0.25) is 0 Å². The molecular formula is C22H20N2O4. The van der Waals surface area contributed by atoms with Crippen molar-refractivity contribution in [3.63, 3.8) is 0 Å². The van der Waals surface area contributed by atoms with Crippen molar-refractivity contribution in [3.8, 4) is 17.6 Å². The second kappa shape index (κ2) is 8.78. The van der Waals surface area contributed by atoms with E-state index < -0.39 is 6.10 Å². The van der Waals surface area contributed by atoms with Gasteiger partial charge in [0.05, 0.1) is 24.4 Å². The zero-order chi connectivity index (χ0) is 19.9. The number of hydrogen-bond acceptors (Lipinski definition) is 5. The molecule has 0 spiro atoms. The number of amides is 1. The zero-order valence-electron chi connectivity index (χ0n) is 15.4. The van der Waals surface area contributed by atoms with Crippen molar-refractivity contribution in [3.05, 3.63) is 83.8 Å². The van der Waals surface area contributed by atoms with Crippen LogP contribution in [0.15, 0.2) is 71.3 Å². The molecule has 0 aliphatic heterocycles. The molecule has 6 nitrogen and oxygen atoms in total. The van der Waals surface area contributed by atoms with Gasteiger partial charge in [0.25, 0.3) is 5.91 Å². The summed E-state index contributed by atoms with van der Waals surface area (Å²) in [6.45, 7) is 2.13. The van der Waals surface area contributed by atoms with E-state index in [0.29, 0.717) is 22.6 Å². The smallest absolute Gasteiger partial charge is 0.264 e. The number of nitriles is 1. The number of benzene rings is 2. The third kappa shape index (κ3) is 4.71. The molecule has 1 amide bonds. The van der Waals surface area contributed by atoms with Crippen molar-refractivity contribution in [2.24, 2.45) is 0 Å². The molecule has 1 heterocycles. The number of rotatable bonds is 7. The zero-order valence-corrected chi connectivity index (χ0v) is 15.4. The molecule has 1 atom stereocenters. The number of ether oxygens (including phenoxy) is 1. The fourth-order valence-electron chi connectivity index (χ4n) is 2.77. The summed E-state index contributed by atoms with van der Waals surface area (Å²) in [5.41, 5.74) is 1.15. The number of para-hydroxylation sites is 1. The molecule has 0 aliphatic carbocycles. The minimum absolute atomic E-state index is 0.125. The van der Waals surface area contributed by atoms with E-state index in [-0.39, 0.29) is 24.7 Å². The number of nitrogens with zero attached hydrogens (tertiary/aromatic N) is 2. The van der Waals surface area contributed by atoms with E-state index >= 15 is 0 Å². The van der Waals surface area contributed by atoms with Gasteiger partial charge in [-0.25, -0.2) is 0 Å². The molecule has 3 rings (SSSR count). The second-order valence-electron chi connectivity index (χ2n) is 6.30. The predicted molar refractivity (Wildman–Crippen MR) is 102 cm³/mol. The van der Waals surface area contributed by atoms with Gasteiger partial charge in [0, 0.05) is 12.1 Å². The predicted octanol–water partition coefficient (Wildman–Crippen LogP) is 3.85. The van der Waals surface area contributed by atoms with Crippen LogP contribution in [0.1, 0.15) is 23.8 Å². The van der Waals surface area contributed by atoms with Gasteiger partial charge < -0.3 is 19.2 Å². The number of carbonyl (C=O) groups is 1. The van der Waals surface area contributed by atoms with E-state index in [9.17, 15) is 9.90 Å². The van der Waals surface area contributed by atoms with Gasteiger partial charge in [0.1, 0.15) is 17.3 Å². The van der Waals surface area contributed by atoms with Crippen molar-refractivity contribution in [1.29, 1.82) is 5.26 Å². The Balaban J connectivity index is 1.76. The number of furan rings is 1. The van der Waals surface area contributed by atoms with Gasteiger partial charge in [-0.1, -0.05) is 18.2 Å².